The van der Waals surface area contributed by atoms with Gasteiger partial charge in [0.15, 0.2) is 0 Å². The lowest BCUT2D eigenvalue weighted by molar-refractivity contribution is 0.331. The van der Waals surface area contributed by atoms with Crippen molar-refractivity contribution in [3.05, 3.63) is 35.0 Å². The number of hydrogen-bond donors (Lipinski definition) is 1. The van der Waals surface area contributed by atoms with Crippen molar-refractivity contribution in [2.24, 2.45) is 5.92 Å². The number of nitrogens with one attached hydrogen (secondary N) is 1. The van der Waals surface area contributed by atoms with Gasteiger partial charge in [0, 0.05) is 10.4 Å². The van der Waals surface area contributed by atoms with E-state index in [9.17, 15) is 0 Å². The average Bonchev–Trinajstić information content (AvgIpc) is 2.77. The molecule has 0 saturated carbocycles. The fraction of sp³-hybridized carbons (Fsp3) is 0.467. The minimum atomic E-state index is 0.270. The Bertz CT molecular complexity index is 520. The predicted octanol–water partition coefficient (Wildman–Crippen LogP) is 4.78. The van der Waals surface area contributed by atoms with Crippen LogP contribution < -0.4 is 5.32 Å². The molecular weight excluding hydrogens is 246 g/mol. The summed E-state index contributed by atoms with van der Waals surface area (Å²) in [6, 6.07) is 8.11. The molecule has 1 N–H and O–H groups in total. The van der Waals surface area contributed by atoms with Gasteiger partial charge in [0.1, 0.15) is 11.3 Å². The van der Waals surface area contributed by atoms with Gasteiger partial charge >= 0.3 is 0 Å². The van der Waals surface area contributed by atoms with Gasteiger partial charge in [0.2, 0.25) is 0 Å². The van der Waals surface area contributed by atoms with Crippen LogP contribution in [0.5, 0.6) is 0 Å². The zero-order valence-corrected chi connectivity index (χ0v) is 11.9. The van der Waals surface area contributed by atoms with Crippen molar-refractivity contribution >= 4 is 22.6 Å². The molecule has 98 valence electrons. The Morgan fingerprint density at radius 2 is 2.06 bits per heavy atom. The van der Waals surface area contributed by atoms with Crippen LogP contribution in [0.4, 0.5) is 0 Å². The van der Waals surface area contributed by atoms with Crippen LogP contribution in [0.2, 0.25) is 5.02 Å². The van der Waals surface area contributed by atoms with Crippen molar-refractivity contribution in [1.82, 2.24) is 5.32 Å². The Hall–Kier alpha value is -0.990. The molecule has 2 nitrogen and oxygen atoms in total. The first kappa shape index (κ1) is 13.4. The first-order valence-corrected chi connectivity index (χ1v) is 6.95. The van der Waals surface area contributed by atoms with Crippen molar-refractivity contribution in [3.8, 4) is 0 Å². The molecule has 0 saturated heterocycles. The summed E-state index contributed by atoms with van der Waals surface area (Å²) < 4.78 is 5.94. The van der Waals surface area contributed by atoms with E-state index in [-0.39, 0.29) is 6.04 Å². The maximum Gasteiger partial charge on any atom is 0.134 e. The third-order valence-electron chi connectivity index (χ3n) is 3.44. The highest BCUT2D eigenvalue weighted by atomic mass is 35.5. The van der Waals surface area contributed by atoms with Crippen molar-refractivity contribution in [2.45, 2.75) is 33.2 Å². The lowest BCUT2D eigenvalue weighted by atomic mass is 9.97. The molecule has 0 spiro atoms. The lowest BCUT2D eigenvalue weighted by Gasteiger charge is -2.21. The van der Waals surface area contributed by atoms with Crippen molar-refractivity contribution in [3.63, 3.8) is 0 Å². The molecule has 0 aliphatic carbocycles. The summed E-state index contributed by atoms with van der Waals surface area (Å²) >= 11 is 6.00. The molecule has 2 aromatic rings. The van der Waals surface area contributed by atoms with Crippen LogP contribution in [-0.2, 0) is 0 Å². The number of rotatable bonds is 5. The topological polar surface area (TPSA) is 25.2 Å². The molecule has 0 fully saturated rings. The SMILES string of the molecule is CCNC(c1cc2cc(Cl)ccc2o1)C(C)CC. The highest BCUT2D eigenvalue weighted by Crippen LogP contribution is 2.30. The Morgan fingerprint density at radius 1 is 1.28 bits per heavy atom. The van der Waals surface area contributed by atoms with E-state index >= 15 is 0 Å². The zero-order valence-electron chi connectivity index (χ0n) is 11.2. The fourth-order valence-electron chi connectivity index (χ4n) is 2.23. The smallest absolute Gasteiger partial charge is 0.134 e. The zero-order chi connectivity index (χ0) is 13.1. The Labute approximate surface area is 113 Å². The van der Waals surface area contributed by atoms with Crippen LogP contribution >= 0.6 is 11.6 Å². The minimum Gasteiger partial charge on any atom is -0.459 e. The van der Waals surface area contributed by atoms with Crippen LogP contribution in [-0.4, -0.2) is 6.54 Å². The van der Waals surface area contributed by atoms with E-state index < -0.39 is 0 Å². The lowest BCUT2D eigenvalue weighted by Crippen LogP contribution is -2.26. The molecule has 0 aliphatic rings. The Kier molecular flexibility index (Phi) is 4.31. The molecule has 2 unspecified atom stereocenters. The third kappa shape index (κ3) is 2.70. The van der Waals surface area contributed by atoms with E-state index in [0.29, 0.717) is 5.92 Å². The summed E-state index contributed by atoms with van der Waals surface area (Å²) in [4.78, 5) is 0. The van der Waals surface area contributed by atoms with Crippen LogP contribution in [0.15, 0.2) is 28.7 Å². The molecule has 0 bridgehead atoms. The van der Waals surface area contributed by atoms with Gasteiger partial charge < -0.3 is 9.73 Å². The first-order chi connectivity index (χ1) is 8.65. The normalized spacial score (nSPS) is 14.9. The molecule has 2 rings (SSSR count). The quantitative estimate of drug-likeness (QED) is 0.841. The Balaban J connectivity index is 2.38. The van der Waals surface area contributed by atoms with Crippen molar-refractivity contribution < 1.29 is 4.42 Å². The van der Waals surface area contributed by atoms with Gasteiger partial charge in [0.05, 0.1) is 6.04 Å². The summed E-state index contributed by atoms with van der Waals surface area (Å²) in [5.74, 6) is 1.55. The maximum absolute atomic E-state index is 6.00. The van der Waals surface area contributed by atoms with Gasteiger partial charge in [-0.15, -0.1) is 0 Å². The highest BCUT2D eigenvalue weighted by molar-refractivity contribution is 6.31. The van der Waals surface area contributed by atoms with Gasteiger partial charge in [-0.3, -0.25) is 0 Å². The van der Waals surface area contributed by atoms with Crippen molar-refractivity contribution in [1.29, 1.82) is 0 Å². The molecule has 3 heteroatoms. The molecule has 0 radical (unpaired) electrons. The van der Waals surface area contributed by atoms with Crippen LogP contribution in [0.3, 0.4) is 0 Å². The third-order valence-corrected chi connectivity index (χ3v) is 3.68. The predicted molar refractivity (Wildman–Crippen MR) is 77.1 cm³/mol. The van der Waals surface area contributed by atoms with E-state index in [1.54, 1.807) is 0 Å². The first-order valence-electron chi connectivity index (χ1n) is 6.58. The maximum atomic E-state index is 6.00. The summed E-state index contributed by atoms with van der Waals surface area (Å²) in [5.41, 5.74) is 0.903. The Morgan fingerprint density at radius 3 is 2.72 bits per heavy atom. The second-order valence-corrected chi connectivity index (χ2v) is 5.19. The molecule has 1 heterocycles. The largest absolute Gasteiger partial charge is 0.459 e. The fourth-order valence-corrected chi connectivity index (χ4v) is 2.41. The van der Waals surface area contributed by atoms with Gasteiger partial charge in [-0.05, 0) is 36.7 Å². The van der Waals surface area contributed by atoms with Gasteiger partial charge in [-0.2, -0.15) is 0 Å². The van der Waals surface area contributed by atoms with E-state index in [0.717, 1.165) is 34.7 Å². The summed E-state index contributed by atoms with van der Waals surface area (Å²) in [6.45, 7) is 7.50. The molecular formula is C15H20ClNO. The standard InChI is InChI=1S/C15H20ClNO/c1-4-10(3)15(17-5-2)14-9-11-8-12(16)6-7-13(11)18-14/h6-10,15,17H,4-5H2,1-3H3. The molecule has 0 aliphatic heterocycles. The summed E-state index contributed by atoms with van der Waals surface area (Å²) in [5, 5.41) is 5.32. The molecule has 1 aromatic carbocycles. The van der Waals surface area contributed by atoms with Gasteiger partial charge in [-0.25, -0.2) is 0 Å². The van der Waals surface area contributed by atoms with E-state index in [2.05, 4.69) is 32.2 Å². The molecule has 2 atom stereocenters. The molecule has 18 heavy (non-hydrogen) atoms. The second-order valence-electron chi connectivity index (χ2n) is 4.75. The summed E-state index contributed by atoms with van der Waals surface area (Å²) in [7, 11) is 0. The minimum absolute atomic E-state index is 0.270. The second kappa shape index (κ2) is 5.77. The average molecular weight is 266 g/mol. The monoisotopic (exact) mass is 265 g/mol. The molecule has 0 amide bonds. The van der Waals surface area contributed by atoms with Crippen LogP contribution in [0, 0.1) is 5.92 Å². The number of fused-ring (bicyclic) bond motifs is 1. The summed E-state index contributed by atoms with van der Waals surface area (Å²) in [6.07, 6.45) is 1.12. The number of hydrogen-bond acceptors (Lipinski definition) is 2. The van der Waals surface area contributed by atoms with E-state index in [1.807, 2.05) is 18.2 Å². The van der Waals surface area contributed by atoms with E-state index in [1.165, 1.54) is 0 Å². The van der Waals surface area contributed by atoms with Crippen LogP contribution in [0.1, 0.15) is 39.0 Å². The van der Waals surface area contributed by atoms with Gasteiger partial charge in [-0.1, -0.05) is 38.8 Å². The van der Waals surface area contributed by atoms with Crippen molar-refractivity contribution in [2.75, 3.05) is 6.54 Å². The van der Waals surface area contributed by atoms with E-state index in [4.69, 9.17) is 16.0 Å². The van der Waals surface area contributed by atoms with Crippen LogP contribution in [0.25, 0.3) is 11.0 Å². The number of benzene rings is 1. The number of furan rings is 1. The molecule has 1 aromatic heterocycles. The highest BCUT2D eigenvalue weighted by Gasteiger charge is 2.20. The number of halogens is 1. The van der Waals surface area contributed by atoms with Gasteiger partial charge in [0.25, 0.3) is 0 Å².